The van der Waals surface area contributed by atoms with Crippen LogP contribution in [0.1, 0.15) is 44.9 Å². The highest BCUT2D eigenvalue weighted by Crippen LogP contribution is 2.58. The van der Waals surface area contributed by atoms with E-state index in [1.54, 1.807) is 0 Å². The number of carbonyl (C=O) groups is 1. The monoisotopic (exact) mass is 384 g/mol. The van der Waals surface area contributed by atoms with Crippen molar-refractivity contribution in [3.05, 3.63) is 34.8 Å². The molecule has 2 aromatic heterocycles. The number of nitrogens with zero attached hydrogens (tertiary/aromatic N) is 5. The van der Waals surface area contributed by atoms with Crippen molar-refractivity contribution in [1.82, 2.24) is 19.6 Å². The second kappa shape index (κ2) is 6.42. The van der Waals surface area contributed by atoms with E-state index >= 15 is 0 Å². The summed E-state index contributed by atoms with van der Waals surface area (Å²) in [7, 11) is 0. The Bertz CT molecular complexity index is 881. The average Bonchev–Trinajstić information content (AvgIpc) is 3.28. The summed E-state index contributed by atoms with van der Waals surface area (Å²) in [5.41, 5.74) is 0.0702. The third kappa shape index (κ3) is 3.08. The van der Waals surface area contributed by atoms with Gasteiger partial charge in [-0.2, -0.15) is 10.2 Å². The fourth-order valence-electron chi connectivity index (χ4n) is 5.99. The van der Waals surface area contributed by atoms with Crippen LogP contribution in [0.15, 0.2) is 24.7 Å². The molecule has 2 aromatic rings. The molecule has 28 heavy (non-hydrogen) atoms. The number of anilines is 1. The maximum absolute atomic E-state index is 12.2. The molecule has 4 fully saturated rings. The molecule has 1 N–H and O–H groups in total. The molecule has 4 aliphatic carbocycles. The van der Waals surface area contributed by atoms with Crippen molar-refractivity contribution in [1.29, 1.82) is 0 Å². The zero-order valence-corrected chi connectivity index (χ0v) is 15.7. The van der Waals surface area contributed by atoms with E-state index in [2.05, 4.69) is 15.1 Å². The fraction of sp³-hybridized carbons (Fsp3) is 0.632. The Kier molecular flexibility index (Phi) is 3.99. The molecular weight excluding hydrogens is 360 g/mol. The minimum atomic E-state index is -0.499. The van der Waals surface area contributed by atoms with E-state index in [1.165, 1.54) is 55.6 Å². The molecular formula is C19H24N6O3. The third-order valence-corrected chi connectivity index (χ3v) is 6.75. The van der Waals surface area contributed by atoms with Crippen LogP contribution in [-0.2, 0) is 16.9 Å². The van der Waals surface area contributed by atoms with E-state index in [0.717, 1.165) is 17.8 Å². The van der Waals surface area contributed by atoms with Crippen molar-refractivity contribution in [2.45, 2.75) is 57.0 Å². The second-order valence-electron chi connectivity index (χ2n) is 8.80. The minimum Gasteiger partial charge on any atom is -0.309 e. The number of nitrogens with one attached hydrogen (secondary N) is 1. The lowest BCUT2D eigenvalue weighted by atomic mass is 9.53. The first-order valence-corrected chi connectivity index (χ1v) is 10.0. The van der Waals surface area contributed by atoms with Crippen LogP contribution in [0, 0.1) is 27.9 Å². The summed E-state index contributed by atoms with van der Waals surface area (Å²) >= 11 is 0. The van der Waals surface area contributed by atoms with Crippen LogP contribution in [0.4, 0.5) is 11.5 Å². The molecule has 148 valence electrons. The van der Waals surface area contributed by atoms with Crippen LogP contribution >= 0.6 is 0 Å². The lowest BCUT2D eigenvalue weighted by molar-refractivity contribution is -0.385. The van der Waals surface area contributed by atoms with Crippen LogP contribution in [0.5, 0.6) is 0 Å². The molecule has 9 heteroatoms. The normalized spacial score (nSPS) is 30.5. The first kappa shape index (κ1) is 17.4. The van der Waals surface area contributed by atoms with Crippen molar-refractivity contribution in [2.24, 2.45) is 17.8 Å². The van der Waals surface area contributed by atoms with Gasteiger partial charge in [-0.05, 0) is 56.3 Å². The Labute approximate surface area is 162 Å². The number of aromatic nitrogens is 4. The summed E-state index contributed by atoms with van der Waals surface area (Å²) in [5.74, 6) is 2.92. The van der Waals surface area contributed by atoms with Crippen molar-refractivity contribution in [3.8, 4) is 0 Å². The Morgan fingerprint density at radius 2 is 1.93 bits per heavy atom. The molecule has 4 bridgehead atoms. The van der Waals surface area contributed by atoms with Crippen molar-refractivity contribution in [3.63, 3.8) is 0 Å². The quantitative estimate of drug-likeness (QED) is 0.608. The van der Waals surface area contributed by atoms with E-state index in [1.807, 2.05) is 12.3 Å². The Morgan fingerprint density at radius 1 is 1.25 bits per heavy atom. The molecule has 0 radical (unpaired) electrons. The highest BCUT2D eigenvalue weighted by Gasteiger charge is 2.52. The third-order valence-electron chi connectivity index (χ3n) is 6.75. The Hall–Kier alpha value is -2.71. The highest BCUT2D eigenvalue weighted by molar-refractivity contribution is 5.89. The van der Waals surface area contributed by atoms with Crippen LogP contribution in [0.3, 0.4) is 0 Å². The van der Waals surface area contributed by atoms with Crippen LogP contribution in [0.25, 0.3) is 0 Å². The SMILES string of the molecule is O=C(CCn1cc([N+](=O)[O-])cn1)Nc1ccn(C23CC4CC(CC(C4)C2)C3)n1. The molecule has 4 aliphatic rings. The van der Waals surface area contributed by atoms with Gasteiger partial charge in [0.15, 0.2) is 5.82 Å². The number of carbonyl (C=O) groups excluding carboxylic acids is 1. The van der Waals surface area contributed by atoms with Crippen LogP contribution in [-0.4, -0.2) is 30.4 Å². The van der Waals surface area contributed by atoms with Gasteiger partial charge in [-0.25, -0.2) is 0 Å². The highest BCUT2D eigenvalue weighted by atomic mass is 16.6. The molecule has 6 rings (SSSR count). The molecule has 0 unspecified atom stereocenters. The van der Waals surface area contributed by atoms with E-state index in [-0.39, 0.29) is 30.1 Å². The first-order valence-electron chi connectivity index (χ1n) is 10.0. The van der Waals surface area contributed by atoms with Gasteiger partial charge in [0.2, 0.25) is 5.91 Å². The van der Waals surface area contributed by atoms with Gasteiger partial charge in [-0.15, -0.1) is 0 Å². The number of aryl methyl sites for hydroxylation is 1. The first-order chi connectivity index (χ1) is 13.5. The molecule has 1 amide bonds. The van der Waals surface area contributed by atoms with E-state index in [0.29, 0.717) is 5.82 Å². The summed E-state index contributed by atoms with van der Waals surface area (Å²) in [5, 5.41) is 22.1. The summed E-state index contributed by atoms with van der Waals surface area (Å²) in [6.45, 7) is 0.287. The van der Waals surface area contributed by atoms with Gasteiger partial charge in [-0.3, -0.25) is 24.3 Å². The van der Waals surface area contributed by atoms with Gasteiger partial charge in [0, 0.05) is 25.2 Å². The standard InChI is InChI=1S/C19H24N6O3/c26-18(2-3-23-12-16(11-20-23)25(27)28)21-17-1-4-24(22-17)19-8-13-5-14(9-19)7-15(6-13)10-19/h1,4,11-15H,2-3,5-10H2,(H,21,22,26). The number of hydrogen-bond acceptors (Lipinski definition) is 5. The van der Waals surface area contributed by atoms with Gasteiger partial charge in [-0.1, -0.05) is 0 Å². The predicted octanol–water partition coefficient (Wildman–Crippen LogP) is 2.94. The van der Waals surface area contributed by atoms with Crippen molar-refractivity contribution in [2.75, 3.05) is 5.32 Å². The topological polar surface area (TPSA) is 108 Å². The molecule has 0 aliphatic heterocycles. The van der Waals surface area contributed by atoms with Crippen molar-refractivity contribution < 1.29 is 9.72 Å². The van der Waals surface area contributed by atoms with Gasteiger partial charge in [0.25, 0.3) is 0 Å². The van der Waals surface area contributed by atoms with Crippen LogP contribution in [0.2, 0.25) is 0 Å². The van der Waals surface area contributed by atoms with Gasteiger partial charge >= 0.3 is 5.69 Å². The minimum absolute atomic E-state index is 0.0743. The van der Waals surface area contributed by atoms with Gasteiger partial charge in [0.1, 0.15) is 12.4 Å². The van der Waals surface area contributed by atoms with E-state index < -0.39 is 4.92 Å². The number of nitro groups is 1. The largest absolute Gasteiger partial charge is 0.309 e. The molecule has 2 heterocycles. The maximum atomic E-state index is 12.2. The number of hydrogen-bond donors (Lipinski definition) is 1. The number of amides is 1. The number of rotatable bonds is 6. The lowest BCUT2D eigenvalue weighted by Crippen LogP contribution is -2.52. The zero-order chi connectivity index (χ0) is 19.3. The molecule has 4 saturated carbocycles. The zero-order valence-electron chi connectivity index (χ0n) is 15.7. The molecule has 0 aromatic carbocycles. The summed E-state index contributed by atoms with van der Waals surface area (Å²) in [6, 6.07) is 1.87. The Morgan fingerprint density at radius 3 is 2.54 bits per heavy atom. The summed E-state index contributed by atoms with van der Waals surface area (Å²) in [4.78, 5) is 22.4. The van der Waals surface area contributed by atoms with Gasteiger partial charge in [0.05, 0.1) is 10.5 Å². The molecule has 9 nitrogen and oxygen atoms in total. The smallest absolute Gasteiger partial charge is 0.306 e. The predicted molar refractivity (Wildman–Crippen MR) is 101 cm³/mol. The molecule has 0 atom stereocenters. The van der Waals surface area contributed by atoms with Gasteiger partial charge < -0.3 is 5.32 Å². The fourth-order valence-corrected chi connectivity index (χ4v) is 5.99. The average molecular weight is 384 g/mol. The lowest BCUT2D eigenvalue weighted by Gasteiger charge is -2.56. The molecule has 0 spiro atoms. The van der Waals surface area contributed by atoms with Crippen molar-refractivity contribution >= 4 is 17.4 Å². The molecule has 0 saturated heterocycles. The second-order valence-corrected chi connectivity index (χ2v) is 8.80. The summed E-state index contributed by atoms with van der Waals surface area (Å²) < 4.78 is 3.52. The summed E-state index contributed by atoms with van der Waals surface area (Å²) in [6.07, 6.45) is 12.5. The van der Waals surface area contributed by atoms with Crippen LogP contribution < -0.4 is 5.32 Å². The van der Waals surface area contributed by atoms with E-state index in [9.17, 15) is 14.9 Å². The maximum Gasteiger partial charge on any atom is 0.306 e. The van der Waals surface area contributed by atoms with E-state index in [4.69, 9.17) is 5.10 Å². The Balaban J connectivity index is 1.21.